The van der Waals surface area contributed by atoms with Crippen LogP contribution in [0.15, 0.2) is 0 Å². The molecule has 0 bridgehead atoms. The van der Waals surface area contributed by atoms with Crippen LogP contribution in [-0.4, -0.2) is 47.4 Å². The van der Waals surface area contributed by atoms with Gasteiger partial charge in [-0.2, -0.15) is 0 Å². The standard InChI is InChI=1S/C12H22N2O4/c1-3-7-14(8-4-2)11(16)6-5-10(15)13-9-12(17)18/h3-9H2,1-2H3,(H,13,15)(H,17,18). The first kappa shape index (κ1) is 16.4. The third kappa shape index (κ3) is 7.65. The van der Waals surface area contributed by atoms with Crippen LogP contribution in [0.3, 0.4) is 0 Å². The zero-order chi connectivity index (χ0) is 14.0. The van der Waals surface area contributed by atoms with Crippen molar-refractivity contribution in [2.75, 3.05) is 19.6 Å². The maximum absolute atomic E-state index is 11.8. The number of aliphatic carboxylic acids is 1. The van der Waals surface area contributed by atoms with Gasteiger partial charge in [-0.25, -0.2) is 0 Å². The Kier molecular flexibility index (Phi) is 8.61. The smallest absolute Gasteiger partial charge is 0.322 e. The molecule has 2 amide bonds. The van der Waals surface area contributed by atoms with Crippen LogP contribution in [0.25, 0.3) is 0 Å². The Balaban J connectivity index is 3.98. The van der Waals surface area contributed by atoms with Crippen molar-refractivity contribution in [3.05, 3.63) is 0 Å². The van der Waals surface area contributed by atoms with Crippen LogP contribution in [0.1, 0.15) is 39.5 Å². The molecule has 104 valence electrons. The normalized spacial score (nSPS) is 9.89. The Morgan fingerprint density at radius 3 is 2.06 bits per heavy atom. The summed E-state index contributed by atoms with van der Waals surface area (Å²) in [6.07, 6.45) is 1.94. The van der Waals surface area contributed by atoms with Gasteiger partial charge in [-0.1, -0.05) is 13.8 Å². The second-order valence-electron chi connectivity index (χ2n) is 4.05. The zero-order valence-electron chi connectivity index (χ0n) is 11.1. The number of rotatable bonds is 9. The molecule has 0 radical (unpaired) electrons. The number of nitrogens with one attached hydrogen (secondary N) is 1. The highest BCUT2D eigenvalue weighted by Gasteiger charge is 2.13. The predicted molar refractivity (Wildman–Crippen MR) is 67.0 cm³/mol. The van der Waals surface area contributed by atoms with Gasteiger partial charge in [-0.3, -0.25) is 14.4 Å². The molecule has 18 heavy (non-hydrogen) atoms. The maximum Gasteiger partial charge on any atom is 0.322 e. The second-order valence-corrected chi connectivity index (χ2v) is 4.05. The van der Waals surface area contributed by atoms with Gasteiger partial charge in [0.25, 0.3) is 0 Å². The summed E-state index contributed by atoms with van der Waals surface area (Å²) in [4.78, 5) is 35.0. The lowest BCUT2D eigenvalue weighted by molar-refractivity contribution is -0.138. The van der Waals surface area contributed by atoms with Crippen molar-refractivity contribution in [3.8, 4) is 0 Å². The van der Waals surface area contributed by atoms with Gasteiger partial charge in [-0.15, -0.1) is 0 Å². The molecule has 0 fully saturated rings. The van der Waals surface area contributed by atoms with Gasteiger partial charge in [0.1, 0.15) is 6.54 Å². The quantitative estimate of drug-likeness (QED) is 0.634. The minimum Gasteiger partial charge on any atom is -0.480 e. The lowest BCUT2D eigenvalue weighted by atomic mass is 10.2. The predicted octanol–water partition coefficient (Wildman–Crippen LogP) is 0.616. The second kappa shape index (κ2) is 9.44. The number of nitrogens with zero attached hydrogens (tertiary/aromatic N) is 1. The van der Waals surface area contributed by atoms with E-state index in [1.165, 1.54) is 0 Å². The van der Waals surface area contributed by atoms with E-state index in [2.05, 4.69) is 5.32 Å². The Hall–Kier alpha value is -1.59. The van der Waals surface area contributed by atoms with Gasteiger partial charge in [0, 0.05) is 25.9 Å². The van der Waals surface area contributed by atoms with E-state index in [9.17, 15) is 14.4 Å². The summed E-state index contributed by atoms with van der Waals surface area (Å²) in [6, 6.07) is 0. The largest absolute Gasteiger partial charge is 0.480 e. The van der Waals surface area contributed by atoms with Crippen LogP contribution < -0.4 is 5.32 Å². The molecule has 0 unspecified atom stereocenters. The fourth-order valence-electron chi connectivity index (χ4n) is 1.54. The van der Waals surface area contributed by atoms with Crippen molar-refractivity contribution in [3.63, 3.8) is 0 Å². The highest BCUT2D eigenvalue weighted by molar-refractivity contribution is 5.85. The summed E-state index contributed by atoms with van der Waals surface area (Å²) in [5.41, 5.74) is 0. The zero-order valence-corrected chi connectivity index (χ0v) is 11.1. The molecule has 0 spiro atoms. The Bertz CT molecular complexity index is 286. The van der Waals surface area contributed by atoms with Gasteiger partial charge in [-0.05, 0) is 12.8 Å². The van der Waals surface area contributed by atoms with Crippen molar-refractivity contribution in [1.82, 2.24) is 10.2 Å². The lowest BCUT2D eigenvalue weighted by Gasteiger charge is -2.21. The van der Waals surface area contributed by atoms with E-state index in [-0.39, 0.29) is 18.7 Å². The third-order valence-corrected chi connectivity index (χ3v) is 2.34. The molecular weight excluding hydrogens is 236 g/mol. The van der Waals surface area contributed by atoms with Crippen LogP contribution in [0.2, 0.25) is 0 Å². The van der Waals surface area contributed by atoms with Gasteiger partial charge in [0.05, 0.1) is 0 Å². The number of carboxylic acid groups (broad SMARTS) is 1. The third-order valence-electron chi connectivity index (χ3n) is 2.34. The van der Waals surface area contributed by atoms with E-state index >= 15 is 0 Å². The summed E-state index contributed by atoms with van der Waals surface area (Å²) >= 11 is 0. The van der Waals surface area contributed by atoms with Crippen LogP contribution in [0, 0.1) is 0 Å². The van der Waals surface area contributed by atoms with Crippen molar-refractivity contribution in [2.45, 2.75) is 39.5 Å². The molecule has 0 aliphatic heterocycles. The minimum atomic E-state index is -1.09. The lowest BCUT2D eigenvalue weighted by Crippen LogP contribution is -2.34. The molecule has 0 heterocycles. The molecule has 6 heteroatoms. The molecule has 0 aliphatic carbocycles. The van der Waals surface area contributed by atoms with Crippen molar-refractivity contribution >= 4 is 17.8 Å². The number of hydrogen-bond donors (Lipinski definition) is 2. The van der Waals surface area contributed by atoms with E-state index in [1.807, 2.05) is 13.8 Å². The number of amides is 2. The molecule has 2 N–H and O–H groups in total. The molecule has 0 saturated heterocycles. The molecule has 0 aromatic heterocycles. The molecule has 0 aromatic rings. The van der Waals surface area contributed by atoms with Crippen molar-refractivity contribution < 1.29 is 19.5 Å². The van der Waals surface area contributed by atoms with E-state index in [0.29, 0.717) is 13.1 Å². The highest BCUT2D eigenvalue weighted by Crippen LogP contribution is 2.01. The van der Waals surface area contributed by atoms with Crippen LogP contribution >= 0.6 is 0 Å². The fourth-order valence-corrected chi connectivity index (χ4v) is 1.54. The number of hydrogen-bond acceptors (Lipinski definition) is 3. The summed E-state index contributed by atoms with van der Waals surface area (Å²) in [5, 5.41) is 10.6. The summed E-state index contributed by atoms with van der Waals surface area (Å²) in [6.45, 7) is 4.98. The van der Waals surface area contributed by atoms with Gasteiger partial charge in [0.15, 0.2) is 0 Å². The van der Waals surface area contributed by atoms with E-state index in [0.717, 1.165) is 12.8 Å². The Labute approximate surface area is 107 Å². The van der Waals surface area contributed by atoms with E-state index < -0.39 is 18.4 Å². The molecule has 0 rings (SSSR count). The fraction of sp³-hybridized carbons (Fsp3) is 0.750. The Morgan fingerprint density at radius 1 is 1.06 bits per heavy atom. The van der Waals surface area contributed by atoms with Gasteiger partial charge in [0.2, 0.25) is 11.8 Å². The topological polar surface area (TPSA) is 86.7 Å². The van der Waals surface area contributed by atoms with Gasteiger partial charge >= 0.3 is 5.97 Å². The summed E-state index contributed by atoms with van der Waals surface area (Å²) in [7, 11) is 0. The van der Waals surface area contributed by atoms with E-state index in [1.54, 1.807) is 4.90 Å². The summed E-state index contributed by atoms with van der Waals surface area (Å²) < 4.78 is 0. The molecule has 0 saturated carbocycles. The molecule has 0 aliphatic rings. The number of carboxylic acids is 1. The van der Waals surface area contributed by atoms with Crippen LogP contribution in [-0.2, 0) is 14.4 Å². The first-order valence-corrected chi connectivity index (χ1v) is 6.27. The first-order chi connectivity index (χ1) is 8.51. The van der Waals surface area contributed by atoms with Crippen molar-refractivity contribution in [1.29, 1.82) is 0 Å². The number of carbonyl (C=O) groups is 3. The Morgan fingerprint density at radius 2 is 1.61 bits per heavy atom. The average molecular weight is 258 g/mol. The molecule has 0 aromatic carbocycles. The first-order valence-electron chi connectivity index (χ1n) is 6.27. The number of carbonyl (C=O) groups excluding carboxylic acids is 2. The van der Waals surface area contributed by atoms with Crippen LogP contribution in [0.5, 0.6) is 0 Å². The van der Waals surface area contributed by atoms with E-state index in [4.69, 9.17) is 5.11 Å². The molecule has 6 nitrogen and oxygen atoms in total. The van der Waals surface area contributed by atoms with Gasteiger partial charge < -0.3 is 15.3 Å². The molecular formula is C12H22N2O4. The average Bonchev–Trinajstić information content (AvgIpc) is 2.33. The van der Waals surface area contributed by atoms with Crippen molar-refractivity contribution in [2.24, 2.45) is 0 Å². The maximum atomic E-state index is 11.8. The summed E-state index contributed by atoms with van der Waals surface area (Å²) in [5.74, 6) is -1.55. The monoisotopic (exact) mass is 258 g/mol. The SMILES string of the molecule is CCCN(CCC)C(=O)CCC(=O)NCC(=O)O. The minimum absolute atomic E-state index is 0.0377. The highest BCUT2D eigenvalue weighted by atomic mass is 16.4. The van der Waals surface area contributed by atoms with Crippen LogP contribution in [0.4, 0.5) is 0 Å². The molecule has 0 atom stereocenters.